The Kier molecular flexibility index (Phi) is 5.11. The van der Waals surface area contributed by atoms with Gasteiger partial charge in [-0.15, -0.1) is 0 Å². The van der Waals surface area contributed by atoms with Crippen LogP contribution in [0, 0.1) is 0 Å². The Balaban J connectivity index is 2.34. The minimum Gasteiger partial charge on any atom is -0.495 e. The molecular formula is C15H20BrNO4. The van der Waals surface area contributed by atoms with Crippen molar-refractivity contribution >= 4 is 21.8 Å². The van der Waals surface area contributed by atoms with Crippen molar-refractivity contribution in [1.82, 2.24) is 4.90 Å². The molecule has 0 bridgehead atoms. The quantitative estimate of drug-likeness (QED) is 0.834. The van der Waals surface area contributed by atoms with Crippen LogP contribution in [-0.4, -0.2) is 50.3 Å². The summed E-state index contributed by atoms with van der Waals surface area (Å²) in [5, 5.41) is 0. The van der Waals surface area contributed by atoms with E-state index in [1.54, 1.807) is 26.4 Å². The van der Waals surface area contributed by atoms with Gasteiger partial charge in [0.15, 0.2) is 0 Å². The van der Waals surface area contributed by atoms with Gasteiger partial charge in [0, 0.05) is 12.1 Å². The predicted molar refractivity (Wildman–Crippen MR) is 83.2 cm³/mol. The summed E-state index contributed by atoms with van der Waals surface area (Å²) >= 11 is 3.41. The number of hydrogen-bond donors (Lipinski definition) is 0. The summed E-state index contributed by atoms with van der Waals surface area (Å²) in [7, 11) is 3.13. The first-order valence-electron chi connectivity index (χ1n) is 6.82. The van der Waals surface area contributed by atoms with Crippen LogP contribution in [0.1, 0.15) is 24.2 Å². The van der Waals surface area contributed by atoms with E-state index < -0.39 is 0 Å². The van der Waals surface area contributed by atoms with Crippen LogP contribution in [-0.2, 0) is 4.74 Å². The fraction of sp³-hybridized carbons (Fsp3) is 0.533. The van der Waals surface area contributed by atoms with E-state index in [-0.39, 0.29) is 18.1 Å². The number of hydrogen-bond acceptors (Lipinski definition) is 4. The second-order valence-electron chi connectivity index (χ2n) is 5.15. The molecule has 1 aromatic carbocycles. The molecular weight excluding hydrogens is 338 g/mol. The van der Waals surface area contributed by atoms with Crippen molar-refractivity contribution in [3.8, 4) is 11.5 Å². The minimum absolute atomic E-state index is 0.0400. The zero-order valence-corrected chi connectivity index (χ0v) is 14.3. The first kappa shape index (κ1) is 16.1. The summed E-state index contributed by atoms with van der Waals surface area (Å²) in [6.45, 7) is 5.09. The van der Waals surface area contributed by atoms with Gasteiger partial charge in [0.25, 0.3) is 5.91 Å². The number of carbonyl (C=O) groups is 1. The molecule has 116 valence electrons. The van der Waals surface area contributed by atoms with Gasteiger partial charge in [0.2, 0.25) is 0 Å². The number of rotatable bonds is 3. The summed E-state index contributed by atoms with van der Waals surface area (Å²) in [5.74, 6) is 1.11. The highest BCUT2D eigenvalue weighted by Gasteiger charge is 2.29. The Labute approximate surface area is 133 Å². The molecule has 0 aromatic heterocycles. The summed E-state index contributed by atoms with van der Waals surface area (Å²) < 4.78 is 16.8. The molecule has 1 aliphatic rings. The third kappa shape index (κ3) is 3.32. The largest absolute Gasteiger partial charge is 0.495 e. The molecule has 0 N–H and O–H groups in total. The zero-order valence-electron chi connectivity index (χ0n) is 12.7. The van der Waals surface area contributed by atoms with E-state index in [9.17, 15) is 4.79 Å². The Morgan fingerprint density at radius 3 is 2.38 bits per heavy atom. The summed E-state index contributed by atoms with van der Waals surface area (Å²) in [6.07, 6.45) is 0.0457. The molecule has 1 fully saturated rings. The molecule has 0 aliphatic carbocycles. The molecule has 21 heavy (non-hydrogen) atoms. The fourth-order valence-electron chi connectivity index (χ4n) is 2.34. The van der Waals surface area contributed by atoms with Crippen LogP contribution in [0.2, 0.25) is 0 Å². The highest BCUT2D eigenvalue weighted by molar-refractivity contribution is 9.10. The monoisotopic (exact) mass is 357 g/mol. The molecule has 5 nitrogen and oxygen atoms in total. The molecule has 1 heterocycles. The van der Waals surface area contributed by atoms with Gasteiger partial charge >= 0.3 is 0 Å². The van der Waals surface area contributed by atoms with Crippen molar-refractivity contribution < 1.29 is 19.0 Å². The molecule has 0 unspecified atom stereocenters. The first-order chi connectivity index (χ1) is 9.97. The Morgan fingerprint density at radius 1 is 1.29 bits per heavy atom. The molecule has 1 amide bonds. The Hall–Kier alpha value is -1.27. The molecule has 0 radical (unpaired) electrons. The van der Waals surface area contributed by atoms with E-state index in [0.717, 1.165) is 0 Å². The summed E-state index contributed by atoms with van der Waals surface area (Å²) in [4.78, 5) is 14.6. The van der Waals surface area contributed by atoms with Gasteiger partial charge in [-0.05, 0) is 41.9 Å². The summed E-state index contributed by atoms with van der Waals surface area (Å²) in [6, 6.07) is 3.50. The van der Waals surface area contributed by atoms with Crippen LogP contribution in [0.4, 0.5) is 0 Å². The van der Waals surface area contributed by atoms with Crippen molar-refractivity contribution in [2.75, 3.05) is 27.4 Å². The maximum atomic E-state index is 12.7. The van der Waals surface area contributed by atoms with E-state index in [1.165, 1.54) is 0 Å². The summed E-state index contributed by atoms with van der Waals surface area (Å²) in [5.41, 5.74) is 0.549. The van der Waals surface area contributed by atoms with Crippen LogP contribution in [0.3, 0.4) is 0 Å². The molecule has 1 aromatic rings. The molecule has 2 atom stereocenters. The van der Waals surface area contributed by atoms with E-state index in [1.807, 2.05) is 18.7 Å². The lowest BCUT2D eigenvalue weighted by molar-refractivity contribution is -0.0387. The number of amides is 1. The first-order valence-corrected chi connectivity index (χ1v) is 7.61. The number of nitrogens with zero attached hydrogens (tertiary/aromatic N) is 1. The van der Waals surface area contributed by atoms with Gasteiger partial charge in [-0.3, -0.25) is 4.79 Å². The predicted octanol–water partition coefficient (Wildman–Crippen LogP) is 2.72. The van der Waals surface area contributed by atoms with Crippen molar-refractivity contribution in [3.63, 3.8) is 0 Å². The van der Waals surface area contributed by atoms with Crippen molar-refractivity contribution in [1.29, 1.82) is 0 Å². The van der Waals surface area contributed by atoms with Crippen LogP contribution in [0.15, 0.2) is 16.6 Å². The van der Waals surface area contributed by atoms with Gasteiger partial charge in [-0.2, -0.15) is 0 Å². The number of morpholine rings is 1. The normalized spacial score (nSPS) is 22.0. The molecule has 1 aliphatic heterocycles. The van der Waals surface area contributed by atoms with E-state index in [2.05, 4.69) is 15.9 Å². The Morgan fingerprint density at radius 2 is 1.86 bits per heavy atom. The van der Waals surface area contributed by atoms with E-state index in [4.69, 9.17) is 14.2 Å². The molecule has 0 saturated carbocycles. The van der Waals surface area contributed by atoms with Crippen molar-refractivity contribution in [2.45, 2.75) is 26.0 Å². The van der Waals surface area contributed by atoms with Crippen LogP contribution < -0.4 is 9.47 Å². The SMILES string of the molecule is COc1cc(C(=O)N2C[C@H](C)OC[C@@H]2C)cc(OC)c1Br. The molecule has 1 saturated heterocycles. The Bertz CT molecular complexity index is 509. The third-order valence-electron chi connectivity index (χ3n) is 3.56. The maximum Gasteiger partial charge on any atom is 0.254 e. The van der Waals surface area contributed by atoms with Crippen LogP contribution in [0.25, 0.3) is 0 Å². The van der Waals surface area contributed by atoms with Gasteiger partial charge in [0.05, 0.1) is 33.0 Å². The van der Waals surface area contributed by atoms with Gasteiger partial charge in [0.1, 0.15) is 16.0 Å². The van der Waals surface area contributed by atoms with Crippen LogP contribution in [0.5, 0.6) is 11.5 Å². The number of carbonyl (C=O) groups excluding carboxylic acids is 1. The lowest BCUT2D eigenvalue weighted by Gasteiger charge is -2.37. The van der Waals surface area contributed by atoms with Gasteiger partial charge in [-0.25, -0.2) is 0 Å². The number of methoxy groups -OCH3 is 2. The highest BCUT2D eigenvalue weighted by Crippen LogP contribution is 2.36. The number of ether oxygens (including phenoxy) is 3. The second-order valence-corrected chi connectivity index (χ2v) is 5.94. The average Bonchev–Trinajstić information content (AvgIpc) is 2.49. The van der Waals surface area contributed by atoms with E-state index >= 15 is 0 Å². The molecule has 2 rings (SSSR count). The number of halogens is 1. The van der Waals surface area contributed by atoms with Gasteiger partial charge < -0.3 is 19.1 Å². The van der Waals surface area contributed by atoms with Crippen LogP contribution >= 0.6 is 15.9 Å². The average molecular weight is 358 g/mol. The maximum absolute atomic E-state index is 12.7. The highest BCUT2D eigenvalue weighted by atomic mass is 79.9. The zero-order chi connectivity index (χ0) is 15.6. The fourth-order valence-corrected chi connectivity index (χ4v) is 2.90. The molecule has 0 spiro atoms. The number of benzene rings is 1. The smallest absolute Gasteiger partial charge is 0.254 e. The van der Waals surface area contributed by atoms with Gasteiger partial charge in [-0.1, -0.05) is 0 Å². The third-order valence-corrected chi connectivity index (χ3v) is 4.34. The second kappa shape index (κ2) is 6.66. The lowest BCUT2D eigenvalue weighted by atomic mass is 10.1. The topological polar surface area (TPSA) is 48.0 Å². The molecule has 6 heteroatoms. The minimum atomic E-state index is -0.0400. The standard InChI is InChI=1S/C15H20BrNO4/c1-9-8-21-10(2)7-17(9)15(18)11-5-12(19-3)14(16)13(6-11)20-4/h5-6,9-10H,7-8H2,1-4H3/t9-,10-/m0/s1. The van der Waals surface area contributed by atoms with Crippen molar-refractivity contribution in [2.24, 2.45) is 0 Å². The van der Waals surface area contributed by atoms with E-state index in [0.29, 0.717) is 34.7 Å². The van der Waals surface area contributed by atoms with Crippen molar-refractivity contribution in [3.05, 3.63) is 22.2 Å². The lowest BCUT2D eigenvalue weighted by Crippen LogP contribution is -2.50.